The summed E-state index contributed by atoms with van der Waals surface area (Å²) in [5.41, 5.74) is 0. The van der Waals surface area contributed by atoms with Crippen LogP contribution in [0.4, 0.5) is 0 Å². The molecule has 1 heterocycles. The van der Waals surface area contributed by atoms with E-state index < -0.39 is 7.52 Å². The lowest BCUT2D eigenvalue weighted by molar-refractivity contribution is 0.180. The van der Waals surface area contributed by atoms with E-state index in [2.05, 4.69) is 5.92 Å². The smallest absolute Gasteiger partial charge is 0.270 e. The van der Waals surface area contributed by atoms with Crippen LogP contribution >= 0.6 is 7.52 Å². The van der Waals surface area contributed by atoms with E-state index in [0.717, 1.165) is 13.0 Å². The zero-order valence-corrected chi connectivity index (χ0v) is 7.67. The maximum Gasteiger partial charge on any atom is 0.270 e. The van der Waals surface area contributed by atoms with Gasteiger partial charge in [0.2, 0.25) is 0 Å². The summed E-state index contributed by atoms with van der Waals surface area (Å²) in [5, 5.41) is 0. The lowest BCUT2D eigenvalue weighted by Gasteiger charge is -2.32. The van der Waals surface area contributed by atoms with E-state index in [0.29, 0.717) is 0 Å². The summed E-state index contributed by atoms with van der Waals surface area (Å²) >= 11 is 0. The largest absolute Gasteiger partial charge is 0.301 e. The molecule has 1 rings (SSSR count). The van der Waals surface area contributed by atoms with Gasteiger partial charge in [0.15, 0.2) is 0 Å². The van der Waals surface area contributed by atoms with E-state index in [9.17, 15) is 4.57 Å². The monoisotopic (exact) mass is 173 g/mol. The molecule has 0 amide bonds. The molecule has 0 aromatic carbocycles. The molecule has 1 saturated heterocycles. The van der Waals surface area contributed by atoms with Crippen LogP contribution in [0.15, 0.2) is 0 Å². The van der Waals surface area contributed by atoms with E-state index in [-0.39, 0.29) is 6.10 Å². The summed E-state index contributed by atoms with van der Waals surface area (Å²) in [6.07, 6.45) is 5.66. The van der Waals surface area contributed by atoms with Crippen LogP contribution in [-0.2, 0) is 9.09 Å². The fraction of sp³-hybridized carbons (Fsp3) is 0.714. The topological polar surface area (TPSA) is 29.5 Å². The predicted molar refractivity (Wildman–Crippen MR) is 44.5 cm³/mol. The van der Waals surface area contributed by atoms with Gasteiger partial charge in [0.05, 0.1) is 0 Å². The van der Waals surface area contributed by atoms with Crippen LogP contribution in [0, 0.1) is 12.3 Å². The lowest BCUT2D eigenvalue weighted by atomic mass is 10.3. The quantitative estimate of drug-likeness (QED) is 0.406. The molecule has 0 bridgehead atoms. The number of hydrogen-bond acceptors (Lipinski definition) is 2. The Bertz CT molecular complexity index is 233. The van der Waals surface area contributed by atoms with Crippen molar-refractivity contribution in [3.63, 3.8) is 0 Å². The second kappa shape index (κ2) is 2.98. The number of rotatable bonds is 0. The highest BCUT2D eigenvalue weighted by Gasteiger charge is 2.31. The van der Waals surface area contributed by atoms with Gasteiger partial charge >= 0.3 is 0 Å². The molecule has 11 heavy (non-hydrogen) atoms. The van der Waals surface area contributed by atoms with Crippen LogP contribution in [0.1, 0.15) is 6.42 Å². The number of hydrogen-bond donors (Lipinski definition) is 0. The van der Waals surface area contributed by atoms with Crippen LogP contribution < -0.4 is 0 Å². The molecule has 0 saturated carbocycles. The summed E-state index contributed by atoms with van der Waals surface area (Å²) in [5.74, 6) is 2.46. The maximum atomic E-state index is 11.5. The molecular weight excluding hydrogens is 161 g/mol. The Kier molecular flexibility index (Phi) is 2.39. The van der Waals surface area contributed by atoms with E-state index in [4.69, 9.17) is 10.9 Å². The Morgan fingerprint density at radius 1 is 1.82 bits per heavy atom. The van der Waals surface area contributed by atoms with Crippen LogP contribution in [-0.4, -0.2) is 31.0 Å². The maximum absolute atomic E-state index is 11.5. The average Bonchev–Trinajstić information content (AvgIpc) is 1.95. The molecule has 0 spiro atoms. The standard InChI is InChI=1S/C7H12NO2P/c1-4-7-5-6-8(2)11(3,9)10-7/h1,7H,5-6H2,2-3H3. The van der Waals surface area contributed by atoms with Gasteiger partial charge in [0.25, 0.3) is 7.52 Å². The van der Waals surface area contributed by atoms with Crippen molar-refractivity contribution < 1.29 is 9.09 Å². The van der Waals surface area contributed by atoms with Gasteiger partial charge in [-0.3, -0.25) is 4.57 Å². The molecule has 0 aromatic rings. The summed E-state index contributed by atoms with van der Waals surface area (Å²) in [6, 6.07) is 0. The molecule has 3 nitrogen and oxygen atoms in total. The van der Waals surface area contributed by atoms with Gasteiger partial charge in [0, 0.05) is 13.2 Å². The first kappa shape index (κ1) is 8.80. The molecule has 2 unspecified atom stereocenters. The first-order chi connectivity index (χ1) is 5.06. The van der Waals surface area contributed by atoms with Crippen LogP contribution in [0.2, 0.25) is 0 Å². The summed E-state index contributed by atoms with van der Waals surface area (Å²) < 4.78 is 18.4. The molecule has 2 atom stereocenters. The fourth-order valence-corrected chi connectivity index (χ4v) is 2.25. The second-order valence-corrected chi connectivity index (χ2v) is 5.23. The molecule has 1 aliphatic heterocycles. The SMILES string of the molecule is C#CC1CCN(C)P(C)(=O)O1. The Morgan fingerprint density at radius 2 is 2.45 bits per heavy atom. The van der Waals surface area contributed by atoms with Gasteiger partial charge < -0.3 is 4.52 Å². The van der Waals surface area contributed by atoms with Gasteiger partial charge in [-0.25, -0.2) is 4.67 Å². The van der Waals surface area contributed by atoms with Gasteiger partial charge in [-0.1, -0.05) is 5.92 Å². The lowest BCUT2D eigenvalue weighted by Crippen LogP contribution is -2.29. The third-order valence-corrected chi connectivity index (χ3v) is 3.93. The highest BCUT2D eigenvalue weighted by molar-refractivity contribution is 7.55. The minimum atomic E-state index is -2.56. The van der Waals surface area contributed by atoms with Gasteiger partial charge in [-0.05, 0) is 13.5 Å². The Morgan fingerprint density at radius 3 is 2.91 bits per heavy atom. The number of terminal acetylenes is 1. The highest BCUT2D eigenvalue weighted by atomic mass is 31.2. The van der Waals surface area contributed by atoms with Crippen molar-refractivity contribution in [2.24, 2.45) is 0 Å². The third-order valence-electron chi connectivity index (χ3n) is 1.84. The second-order valence-electron chi connectivity index (χ2n) is 2.73. The first-order valence-corrected chi connectivity index (χ1v) is 5.52. The average molecular weight is 173 g/mol. The molecule has 0 N–H and O–H groups in total. The summed E-state index contributed by atoms with van der Waals surface area (Å²) in [7, 11) is -0.774. The van der Waals surface area contributed by atoms with Gasteiger partial charge in [-0.2, -0.15) is 0 Å². The predicted octanol–water partition coefficient (Wildman–Crippen LogP) is 1.16. The van der Waals surface area contributed by atoms with Gasteiger partial charge in [-0.15, -0.1) is 6.42 Å². The van der Waals surface area contributed by atoms with Crippen molar-refractivity contribution >= 4 is 7.52 Å². The zero-order chi connectivity index (χ0) is 8.48. The summed E-state index contributed by atoms with van der Waals surface area (Å²) in [4.78, 5) is 0. The molecule has 0 aromatic heterocycles. The van der Waals surface area contributed by atoms with E-state index >= 15 is 0 Å². The van der Waals surface area contributed by atoms with E-state index in [1.807, 2.05) is 0 Å². The normalized spacial score (nSPS) is 39.9. The Hall–Kier alpha value is -0.290. The van der Waals surface area contributed by atoms with Crippen LogP contribution in [0.5, 0.6) is 0 Å². The first-order valence-electron chi connectivity index (χ1n) is 3.50. The van der Waals surface area contributed by atoms with Crippen molar-refractivity contribution in [2.45, 2.75) is 12.5 Å². The molecule has 1 aliphatic rings. The van der Waals surface area contributed by atoms with E-state index in [1.54, 1.807) is 18.4 Å². The third kappa shape index (κ3) is 1.84. The minimum Gasteiger partial charge on any atom is -0.301 e. The molecular formula is C7H12NO2P. The Labute approximate surface area is 67.2 Å². The number of nitrogens with zero attached hydrogens (tertiary/aromatic N) is 1. The highest BCUT2D eigenvalue weighted by Crippen LogP contribution is 2.49. The van der Waals surface area contributed by atoms with Crippen molar-refractivity contribution in [3.8, 4) is 12.3 Å². The van der Waals surface area contributed by atoms with Crippen molar-refractivity contribution in [2.75, 3.05) is 20.3 Å². The Balaban J connectivity index is 2.69. The molecule has 4 heteroatoms. The van der Waals surface area contributed by atoms with Crippen LogP contribution in [0.25, 0.3) is 0 Å². The van der Waals surface area contributed by atoms with Crippen LogP contribution in [0.3, 0.4) is 0 Å². The zero-order valence-electron chi connectivity index (χ0n) is 6.78. The molecule has 1 fully saturated rings. The molecule has 0 radical (unpaired) electrons. The van der Waals surface area contributed by atoms with E-state index in [1.165, 1.54) is 0 Å². The molecule has 62 valence electrons. The van der Waals surface area contributed by atoms with Gasteiger partial charge in [0.1, 0.15) is 6.10 Å². The van der Waals surface area contributed by atoms with Crippen molar-refractivity contribution in [1.82, 2.24) is 4.67 Å². The van der Waals surface area contributed by atoms with Crippen molar-refractivity contribution in [1.29, 1.82) is 0 Å². The fourth-order valence-electron chi connectivity index (χ4n) is 0.969. The summed E-state index contributed by atoms with van der Waals surface area (Å²) in [6.45, 7) is 2.35. The molecule has 0 aliphatic carbocycles. The van der Waals surface area contributed by atoms with Crippen molar-refractivity contribution in [3.05, 3.63) is 0 Å². The minimum absolute atomic E-state index is 0.262.